The number of hydrogen-bond donors (Lipinski definition) is 1. The highest BCUT2D eigenvalue weighted by Crippen LogP contribution is 2.34. The normalized spacial score (nSPS) is 15.4. The molecule has 12 heteroatoms. The van der Waals surface area contributed by atoms with Crippen molar-refractivity contribution in [3.63, 3.8) is 0 Å². The van der Waals surface area contributed by atoms with E-state index >= 15 is 0 Å². The van der Waals surface area contributed by atoms with E-state index in [1.54, 1.807) is 18.2 Å². The summed E-state index contributed by atoms with van der Waals surface area (Å²) in [6.07, 6.45) is 1.27. The van der Waals surface area contributed by atoms with Gasteiger partial charge >= 0.3 is 0 Å². The summed E-state index contributed by atoms with van der Waals surface area (Å²) in [5.74, 6) is 0.411. The van der Waals surface area contributed by atoms with Crippen LogP contribution in [-0.4, -0.2) is 97.7 Å². The summed E-state index contributed by atoms with van der Waals surface area (Å²) in [5, 5.41) is 2.65. The summed E-state index contributed by atoms with van der Waals surface area (Å²) in [6, 6.07) is 4.96. The fourth-order valence-electron chi connectivity index (χ4n) is 3.34. The van der Waals surface area contributed by atoms with E-state index < -0.39 is 10.0 Å². The molecule has 1 aliphatic rings. The maximum atomic E-state index is 13.0. The highest BCUT2D eigenvalue weighted by atomic mass is 79.9. The van der Waals surface area contributed by atoms with Crippen LogP contribution in [0.2, 0.25) is 0 Å². The smallest absolute Gasteiger partial charge is 0.244 e. The maximum Gasteiger partial charge on any atom is 0.244 e. The monoisotopic (exact) mass is 566 g/mol. The van der Waals surface area contributed by atoms with Gasteiger partial charge in [-0.3, -0.25) is 4.79 Å². The number of piperidine rings is 1. The van der Waals surface area contributed by atoms with Crippen LogP contribution in [0.15, 0.2) is 27.6 Å². The summed E-state index contributed by atoms with van der Waals surface area (Å²) < 4.78 is 55.3. The molecule has 1 fully saturated rings. The summed E-state index contributed by atoms with van der Waals surface area (Å²) in [4.78, 5) is 10.9. The molecule has 1 aliphatic heterocycles. The van der Waals surface area contributed by atoms with E-state index in [1.807, 2.05) is 0 Å². The Balaban J connectivity index is 1.53. The third-order valence-electron chi connectivity index (χ3n) is 5.11. The number of carbonyl (C=O) groups excluding carboxylic acids is 1. The van der Waals surface area contributed by atoms with Crippen LogP contribution in [0, 0.1) is 0 Å². The van der Waals surface area contributed by atoms with Crippen LogP contribution in [0.25, 0.3) is 0 Å². The maximum absolute atomic E-state index is 13.0. The van der Waals surface area contributed by atoms with E-state index in [0.717, 1.165) is 0 Å². The Kier molecular flexibility index (Phi) is 13.3. The number of sulfonamides is 1. The van der Waals surface area contributed by atoms with E-state index in [-0.39, 0.29) is 16.9 Å². The van der Waals surface area contributed by atoms with Crippen molar-refractivity contribution in [1.82, 2.24) is 9.62 Å². The Labute approximate surface area is 210 Å². The lowest BCUT2D eigenvalue weighted by atomic mass is 10.1. The first-order chi connectivity index (χ1) is 16.4. The molecular weight excluding hydrogens is 532 g/mol. The number of amides is 1. The molecule has 0 aromatic heterocycles. The number of nitrogens with zero attached hydrogens (tertiary/aromatic N) is 1. The molecule has 1 saturated heterocycles. The first-order valence-electron chi connectivity index (χ1n) is 11.3. The lowest BCUT2D eigenvalue weighted by Gasteiger charge is -2.31. The molecule has 2 rings (SSSR count). The number of methoxy groups -OCH3 is 1. The average molecular weight is 567 g/mol. The molecular formula is C22H35BrN2O8S. The summed E-state index contributed by atoms with van der Waals surface area (Å²) in [5.41, 5.74) is 0. The highest BCUT2D eigenvalue weighted by Gasteiger charge is 2.31. The molecule has 34 heavy (non-hydrogen) atoms. The van der Waals surface area contributed by atoms with Gasteiger partial charge in [0.1, 0.15) is 10.6 Å². The van der Waals surface area contributed by atoms with Crippen molar-refractivity contribution < 1.29 is 36.9 Å². The Hall–Kier alpha value is -1.28. The minimum atomic E-state index is -3.61. The molecule has 1 N–H and O–H groups in total. The van der Waals surface area contributed by atoms with E-state index in [9.17, 15) is 13.2 Å². The minimum absolute atomic E-state index is 0.00897. The summed E-state index contributed by atoms with van der Waals surface area (Å²) in [6.45, 7) is 5.97. The molecule has 0 radical (unpaired) electrons. The molecule has 0 saturated carbocycles. The molecule has 0 unspecified atom stereocenters. The van der Waals surface area contributed by atoms with Crippen molar-refractivity contribution in [2.45, 2.75) is 30.8 Å². The molecule has 1 aromatic carbocycles. The predicted octanol–water partition coefficient (Wildman–Crippen LogP) is 1.81. The van der Waals surface area contributed by atoms with Crippen molar-refractivity contribution in [3.8, 4) is 5.75 Å². The van der Waals surface area contributed by atoms with Gasteiger partial charge in [0, 0.05) is 26.6 Å². The molecule has 10 nitrogen and oxygen atoms in total. The van der Waals surface area contributed by atoms with Crippen molar-refractivity contribution in [2.24, 2.45) is 0 Å². The van der Waals surface area contributed by atoms with E-state index in [0.29, 0.717) is 88.9 Å². The Morgan fingerprint density at radius 2 is 1.62 bits per heavy atom. The standard InChI is InChI=1S/C22H35BrN2O8S/c1-18(26)24-8-11-30-12-13-31-14-15-32-16-17-33-19-6-9-25(10-7-19)34(27,28)21-5-3-4-20(29-2)22(21)23/h3-5,19H,6-17H2,1-2H3,(H,24,26). The van der Waals surface area contributed by atoms with Crippen LogP contribution in [0.4, 0.5) is 0 Å². The van der Waals surface area contributed by atoms with Crippen LogP contribution in [0.5, 0.6) is 5.75 Å². The Morgan fingerprint density at radius 3 is 2.21 bits per heavy atom. The van der Waals surface area contributed by atoms with Gasteiger partial charge in [-0.25, -0.2) is 8.42 Å². The molecule has 0 bridgehead atoms. The quantitative estimate of drug-likeness (QED) is 0.301. The third kappa shape index (κ3) is 9.76. The predicted molar refractivity (Wildman–Crippen MR) is 130 cm³/mol. The van der Waals surface area contributed by atoms with Gasteiger partial charge in [0.25, 0.3) is 0 Å². The van der Waals surface area contributed by atoms with Crippen LogP contribution in [0.1, 0.15) is 19.8 Å². The number of rotatable bonds is 16. The number of benzene rings is 1. The first kappa shape index (κ1) is 29.0. The van der Waals surface area contributed by atoms with Gasteiger partial charge in [-0.15, -0.1) is 0 Å². The van der Waals surface area contributed by atoms with Gasteiger partial charge < -0.3 is 29.0 Å². The van der Waals surface area contributed by atoms with Gasteiger partial charge in [-0.05, 0) is 40.9 Å². The lowest BCUT2D eigenvalue weighted by molar-refractivity contribution is -0.119. The van der Waals surface area contributed by atoms with Crippen molar-refractivity contribution in [3.05, 3.63) is 22.7 Å². The van der Waals surface area contributed by atoms with Crippen LogP contribution >= 0.6 is 15.9 Å². The zero-order valence-electron chi connectivity index (χ0n) is 19.8. The van der Waals surface area contributed by atoms with E-state index in [1.165, 1.54) is 18.3 Å². The topological polar surface area (TPSA) is 113 Å². The molecule has 1 aromatic rings. The SMILES string of the molecule is COc1cccc(S(=O)(=O)N2CCC(OCCOCCOCCOCCNC(C)=O)CC2)c1Br. The summed E-state index contributed by atoms with van der Waals surface area (Å²) in [7, 11) is -2.11. The van der Waals surface area contributed by atoms with Gasteiger partial charge in [0.05, 0.1) is 63.9 Å². The van der Waals surface area contributed by atoms with Gasteiger partial charge in [-0.1, -0.05) is 6.07 Å². The van der Waals surface area contributed by atoms with Crippen LogP contribution < -0.4 is 10.1 Å². The lowest BCUT2D eigenvalue weighted by Crippen LogP contribution is -2.41. The number of carbonyl (C=O) groups is 1. The number of nitrogens with one attached hydrogen (secondary N) is 1. The second-order valence-corrected chi connectivity index (χ2v) is 10.3. The Morgan fingerprint density at radius 1 is 1.03 bits per heavy atom. The fraction of sp³-hybridized carbons (Fsp3) is 0.682. The number of ether oxygens (including phenoxy) is 5. The van der Waals surface area contributed by atoms with E-state index in [2.05, 4.69) is 21.2 Å². The second-order valence-electron chi connectivity index (χ2n) is 7.57. The zero-order chi connectivity index (χ0) is 24.8. The largest absolute Gasteiger partial charge is 0.496 e. The third-order valence-corrected chi connectivity index (χ3v) is 8.13. The Bertz CT molecular complexity index is 847. The molecule has 194 valence electrons. The average Bonchev–Trinajstić information content (AvgIpc) is 2.82. The van der Waals surface area contributed by atoms with E-state index in [4.69, 9.17) is 23.7 Å². The van der Waals surface area contributed by atoms with Crippen molar-refractivity contribution in [2.75, 3.05) is 73.0 Å². The van der Waals surface area contributed by atoms with Crippen LogP contribution in [-0.2, 0) is 33.8 Å². The van der Waals surface area contributed by atoms with Gasteiger partial charge in [-0.2, -0.15) is 4.31 Å². The zero-order valence-corrected chi connectivity index (χ0v) is 22.2. The van der Waals surface area contributed by atoms with Crippen molar-refractivity contribution >= 4 is 31.9 Å². The molecule has 1 amide bonds. The number of halogens is 1. The highest BCUT2D eigenvalue weighted by molar-refractivity contribution is 9.10. The van der Waals surface area contributed by atoms with Crippen LogP contribution in [0.3, 0.4) is 0 Å². The minimum Gasteiger partial charge on any atom is -0.496 e. The fourth-order valence-corrected chi connectivity index (χ4v) is 5.93. The van der Waals surface area contributed by atoms with Crippen molar-refractivity contribution in [1.29, 1.82) is 0 Å². The second kappa shape index (κ2) is 15.7. The molecule has 0 aliphatic carbocycles. The molecule has 1 heterocycles. The number of hydrogen-bond acceptors (Lipinski definition) is 8. The van der Waals surface area contributed by atoms with Gasteiger partial charge in [0.15, 0.2) is 0 Å². The van der Waals surface area contributed by atoms with Gasteiger partial charge in [0.2, 0.25) is 15.9 Å². The molecule has 0 spiro atoms. The first-order valence-corrected chi connectivity index (χ1v) is 13.5. The summed E-state index contributed by atoms with van der Waals surface area (Å²) >= 11 is 3.34. The molecule has 0 atom stereocenters.